The lowest BCUT2D eigenvalue weighted by Gasteiger charge is -2.31. The molecule has 2 rings (SSSR count). The Labute approximate surface area is 143 Å². The van der Waals surface area contributed by atoms with Crippen LogP contribution in [0.5, 0.6) is 11.5 Å². The number of pyridine rings is 1. The van der Waals surface area contributed by atoms with E-state index in [-0.39, 0.29) is 11.9 Å². The molecule has 1 amide bonds. The number of carbonyl (C=O) groups is 1. The van der Waals surface area contributed by atoms with Gasteiger partial charge in [0.15, 0.2) is 0 Å². The van der Waals surface area contributed by atoms with Crippen molar-refractivity contribution in [3.05, 3.63) is 53.9 Å². The molecule has 128 valence electrons. The molecule has 2 aromatic rings. The van der Waals surface area contributed by atoms with Gasteiger partial charge in [0.25, 0.3) is 5.91 Å². The van der Waals surface area contributed by atoms with Crippen LogP contribution in [0.4, 0.5) is 0 Å². The Balaban J connectivity index is 2.38. The van der Waals surface area contributed by atoms with Crippen LogP contribution in [0.15, 0.2) is 42.7 Å². The minimum absolute atomic E-state index is 0.00249. The number of carbonyl (C=O) groups excluding carboxylic acids is 1. The molecule has 0 aliphatic carbocycles. The number of aromatic nitrogens is 1. The zero-order valence-electron chi connectivity index (χ0n) is 14.7. The highest BCUT2D eigenvalue weighted by Gasteiger charge is 2.26. The molecular weight excluding hydrogens is 304 g/mol. The summed E-state index contributed by atoms with van der Waals surface area (Å²) in [6.07, 6.45) is 4.33. The maximum Gasteiger partial charge on any atom is 0.258 e. The minimum Gasteiger partial charge on any atom is -0.497 e. The van der Waals surface area contributed by atoms with Gasteiger partial charge in [-0.25, -0.2) is 0 Å². The van der Waals surface area contributed by atoms with Crippen LogP contribution in [-0.2, 0) is 0 Å². The Morgan fingerprint density at radius 2 is 1.83 bits per heavy atom. The van der Waals surface area contributed by atoms with Gasteiger partial charge in [-0.3, -0.25) is 9.78 Å². The molecule has 1 aromatic heterocycles. The molecule has 0 fully saturated rings. The summed E-state index contributed by atoms with van der Waals surface area (Å²) in [7, 11) is 3.15. The average molecular weight is 328 g/mol. The van der Waals surface area contributed by atoms with Gasteiger partial charge >= 0.3 is 0 Å². The molecule has 0 saturated carbocycles. The summed E-state index contributed by atoms with van der Waals surface area (Å²) in [4.78, 5) is 19.0. The van der Waals surface area contributed by atoms with Crippen molar-refractivity contribution in [1.82, 2.24) is 9.88 Å². The number of nitrogens with zero attached hydrogens (tertiary/aromatic N) is 2. The van der Waals surface area contributed by atoms with Crippen LogP contribution in [0, 0.1) is 0 Å². The van der Waals surface area contributed by atoms with Crippen LogP contribution in [-0.4, -0.2) is 36.6 Å². The summed E-state index contributed by atoms with van der Waals surface area (Å²) in [5, 5.41) is 0. The predicted molar refractivity (Wildman–Crippen MR) is 93.5 cm³/mol. The first-order chi connectivity index (χ1) is 11.7. The maximum absolute atomic E-state index is 13.1. The van der Waals surface area contributed by atoms with Crippen molar-refractivity contribution in [2.45, 2.75) is 26.3 Å². The molecule has 0 saturated heterocycles. The first kappa shape index (κ1) is 17.8. The first-order valence-corrected chi connectivity index (χ1v) is 8.09. The molecule has 1 unspecified atom stereocenters. The molecule has 0 spiro atoms. The Morgan fingerprint density at radius 1 is 1.12 bits per heavy atom. The predicted octanol–water partition coefficient (Wildman–Crippen LogP) is 3.71. The summed E-state index contributed by atoms with van der Waals surface area (Å²) < 4.78 is 10.6. The van der Waals surface area contributed by atoms with Crippen LogP contribution in [0.1, 0.15) is 42.2 Å². The number of rotatable bonds is 7. The molecule has 1 aromatic carbocycles. The van der Waals surface area contributed by atoms with E-state index in [4.69, 9.17) is 9.47 Å². The number of benzene rings is 1. The topological polar surface area (TPSA) is 51.7 Å². The van der Waals surface area contributed by atoms with Crippen molar-refractivity contribution < 1.29 is 14.3 Å². The molecule has 5 heteroatoms. The fraction of sp³-hybridized carbons (Fsp3) is 0.368. The largest absolute Gasteiger partial charge is 0.497 e. The second-order valence-corrected chi connectivity index (χ2v) is 5.36. The van der Waals surface area contributed by atoms with E-state index in [1.165, 1.54) is 0 Å². The minimum atomic E-state index is -0.0549. The highest BCUT2D eigenvalue weighted by atomic mass is 16.5. The Morgan fingerprint density at radius 3 is 2.38 bits per heavy atom. The Kier molecular flexibility index (Phi) is 6.18. The van der Waals surface area contributed by atoms with E-state index in [1.54, 1.807) is 44.8 Å². The fourth-order valence-electron chi connectivity index (χ4n) is 2.86. The molecule has 0 radical (unpaired) electrons. The van der Waals surface area contributed by atoms with Crippen molar-refractivity contribution in [1.29, 1.82) is 0 Å². The smallest absolute Gasteiger partial charge is 0.258 e. The van der Waals surface area contributed by atoms with E-state index in [0.29, 0.717) is 23.6 Å². The van der Waals surface area contributed by atoms with Gasteiger partial charge in [-0.05, 0) is 43.2 Å². The van der Waals surface area contributed by atoms with Gasteiger partial charge in [0.2, 0.25) is 0 Å². The van der Waals surface area contributed by atoms with Gasteiger partial charge < -0.3 is 14.4 Å². The number of methoxy groups -OCH3 is 2. The lowest BCUT2D eigenvalue weighted by Crippen LogP contribution is -2.34. The van der Waals surface area contributed by atoms with Gasteiger partial charge in [0, 0.05) is 25.0 Å². The Hall–Kier alpha value is -2.56. The molecule has 5 nitrogen and oxygen atoms in total. The van der Waals surface area contributed by atoms with Crippen LogP contribution in [0.3, 0.4) is 0 Å². The first-order valence-electron chi connectivity index (χ1n) is 8.09. The third-order valence-corrected chi connectivity index (χ3v) is 4.09. The quantitative estimate of drug-likeness (QED) is 0.777. The van der Waals surface area contributed by atoms with Crippen LogP contribution >= 0.6 is 0 Å². The zero-order valence-corrected chi connectivity index (χ0v) is 14.7. The fourth-order valence-corrected chi connectivity index (χ4v) is 2.86. The Bertz CT molecular complexity index is 674. The number of hydrogen-bond donors (Lipinski definition) is 0. The number of hydrogen-bond acceptors (Lipinski definition) is 4. The van der Waals surface area contributed by atoms with Crippen molar-refractivity contribution >= 4 is 5.91 Å². The van der Waals surface area contributed by atoms with E-state index in [9.17, 15) is 4.79 Å². The molecule has 0 N–H and O–H groups in total. The molecule has 0 aliphatic heterocycles. The highest BCUT2D eigenvalue weighted by Crippen LogP contribution is 2.30. The van der Waals surface area contributed by atoms with Gasteiger partial charge in [-0.1, -0.05) is 6.92 Å². The highest BCUT2D eigenvalue weighted by molar-refractivity contribution is 5.97. The lowest BCUT2D eigenvalue weighted by atomic mass is 10.0. The summed E-state index contributed by atoms with van der Waals surface area (Å²) in [6, 6.07) is 9.16. The van der Waals surface area contributed by atoms with E-state index >= 15 is 0 Å². The molecule has 0 aliphatic rings. The van der Waals surface area contributed by atoms with E-state index in [0.717, 1.165) is 12.0 Å². The second-order valence-electron chi connectivity index (χ2n) is 5.36. The van der Waals surface area contributed by atoms with Gasteiger partial charge in [0.1, 0.15) is 11.5 Å². The third-order valence-electron chi connectivity index (χ3n) is 4.09. The second kappa shape index (κ2) is 8.34. The lowest BCUT2D eigenvalue weighted by molar-refractivity contribution is 0.0679. The summed E-state index contributed by atoms with van der Waals surface area (Å²) in [5.74, 6) is 1.12. The summed E-state index contributed by atoms with van der Waals surface area (Å²) in [6.45, 7) is 4.67. The normalized spacial score (nSPS) is 11.7. The number of amides is 1. The van der Waals surface area contributed by atoms with E-state index < -0.39 is 0 Å². The van der Waals surface area contributed by atoms with E-state index in [1.807, 2.05) is 24.0 Å². The third kappa shape index (κ3) is 3.67. The standard InChI is InChI=1S/C19H24N2O3/c1-5-17(14-9-11-20-12-10-14)21(6-2)19(22)16-8-7-15(23-3)13-18(16)24-4/h7-13,17H,5-6H2,1-4H3. The number of ether oxygens (including phenoxy) is 2. The van der Waals surface area contributed by atoms with Crippen LogP contribution in [0.2, 0.25) is 0 Å². The zero-order chi connectivity index (χ0) is 17.5. The van der Waals surface area contributed by atoms with Crippen molar-refractivity contribution in [2.75, 3.05) is 20.8 Å². The van der Waals surface area contributed by atoms with Gasteiger partial charge in [-0.15, -0.1) is 0 Å². The van der Waals surface area contributed by atoms with Crippen molar-refractivity contribution in [2.24, 2.45) is 0 Å². The van der Waals surface area contributed by atoms with Crippen LogP contribution in [0.25, 0.3) is 0 Å². The van der Waals surface area contributed by atoms with Crippen molar-refractivity contribution in [3.8, 4) is 11.5 Å². The van der Waals surface area contributed by atoms with Crippen LogP contribution < -0.4 is 9.47 Å². The van der Waals surface area contributed by atoms with Gasteiger partial charge in [-0.2, -0.15) is 0 Å². The van der Waals surface area contributed by atoms with E-state index in [2.05, 4.69) is 11.9 Å². The average Bonchev–Trinajstić information content (AvgIpc) is 2.65. The molecule has 1 heterocycles. The molecular formula is C19H24N2O3. The molecule has 0 bridgehead atoms. The molecule has 24 heavy (non-hydrogen) atoms. The monoisotopic (exact) mass is 328 g/mol. The summed E-state index contributed by atoms with van der Waals surface area (Å²) in [5.41, 5.74) is 1.61. The van der Waals surface area contributed by atoms with Crippen molar-refractivity contribution in [3.63, 3.8) is 0 Å². The maximum atomic E-state index is 13.1. The van der Waals surface area contributed by atoms with Gasteiger partial charge in [0.05, 0.1) is 25.8 Å². The SMILES string of the molecule is CCC(c1ccncc1)N(CC)C(=O)c1ccc(OC)cc1OC. The summed E-state index contributed by atoms with van der Waals surface area (Å²) >= 11 is 0. The molecule has 1 atom stereocenters.